The quantitative estimate of drug-likeness (QED) is 0.894. The number of carbonyl (C=O) groups excluding carboxylic acids is 2. The Hall–Kier alpha value is -1.88. The van der Waals surface area contributed by atoms with Crippen molar-refractivity contribution < 1.29 is 14.3 Å². The van der Waals surface area contributed by atoms with E-state index in [0.29, 0.717) is 13.2 Å². The Morgan fingerprint density at radius 3 is 2.52 bits per heavy atom. The molecule has 5 nitrogen and oxygen atoms in total. The lowest BCUT2D eigenvalue weighted by Crippen LogP contribution is -2.58. The molecule has 0 bridgehead atoms. The minimum absolute atomic E-state index is 0.0733. The van der Waals surface area contributed by atoms with Crippen molar-refractivity contribution >= 4 is 11.8 Å². The first kappa shape index (κ1) is 15.5. The van der Waals surface area contributed by atoms with Crippen molar-refractivity contribution in [3.05, 3.63) is 35.9 Å². The molecule has 1 aliphatic heterocycles. The molecule has 1 aromatic carbocycles. The molecule has 5 heteroatoms. The Kier molecular flexibility index (Phi) is 4.96. The van der Waals surface area contributed by atoms with E-state index in [4.69, 9.17) is 4.74 Å². The highest BCUT2D eigenvalue weighted by atomic mass is 16.5. The number of amides is 2. The molecular formula is C16H22N2O3. The Bertz CT molecular complexity index is 502. The molecule has 1 aliphatic rings. The highest BCUT2D eigenvalue weighted by Gasteiger charge is 2.39. The molecule has 0 aliphatic carbocycles. The maximum Gasteiger partial charge on any atom is 0.248 e. The Labute approximate surface area is 125 Å². The van der Waals surface area contributed by atoms with Crippen molar-refractivity contribution in [1.82, 2.24) is 10.2 Å². The third kappa shape index (κ3) is 3.61. The van der Waals surface area contributed by atoms with Crippen molar-refractivity contribution in [3.63, 3.8) is 0 Å². The second kappa shape index (κ2) is 6.72. The van der Waals surface area contributed by atoms with Crippen molar-refractivity contribution in [3.8, 4) is 0 Å². The SMILES string of the molecule is CC(C)OCCN1C(=O)C(C)NC(=O)C1c1ccccc1. The predicted octanol–water partition coefficient (Wildman–Crippen LogP) is 1.50. The number of nitrogens with zero attached hydrogens (tertiary/aromatic N) is 1. The maximum absolute atomic E-state index is 12.4. The minimum atomic E-state index is -0.578. The van der Waals surface area contributed by atoms with Crippen molar-refractivity contribution in [1.29, 1.82) is 0 Å². The largest absolute Gasteiger partial charge is 0.377 e. The van der Waals surface area contributed by atoms with Gasteiger partial charge in [0.25, 0.3) is 0 Å². The van der Waals surface area contributed by atoms with Gasteiger partial charge in [-0.25, -0.2) is 0 Å². The van der Waals surface area contributed by atoms with E-state index in [0.717, 1.165) is 5.56 Å². The summed E-state index contributed by atoms with van der Waals surface area (Å²) in [5, 5.41) is 2.74. The number of ether oxygens (including phenoxy) is 1. The average Bonchev–Trinajstić information content (AvgIpc) is 2.44. The molecule has 114 valence electrons. The number of benzene rings is 1. The van der Waals surface area contributed by atoms with Gasteiger partial charge in [0.05, 0.1) is 12.7 Å². The second-order valence-corrected chi connectivity index (χ2v) is 5.49. The van der Waals surface area contributed by atoms with E-state index < -0.39 is 12.1 Å². The maximum atomic E-state index is 12.4. The van der Waals surface area contributed by atoms with Crippen LogP contribution >= 0.6 is 0 Å². The van der Waals surface area contributed by atoms with Crippen LogP contribution in [0.5, 0.6) is 0 Å². The van der Waals surface area contributed by atoms with E-state index in [1.165, 1.54) is 0 Å². The normalized spacial score (nSPS) is 22.6. The van der Waals surface area contributed by atoms with Gasteiger partial charge >= 0.3 is 0 Å². The van der Waals surface area contributed by atoms with E-state index in [1.807, 2.05) is 44.2 Å². The molecule has 0 saturated carbocycles. The summed E-state index contributed by atoms with van der Waals surface area (Å²) in [5.74, 6) is -0.214. The summed E-state index contributed by atoms with van der Waals surface area (Å²) in [6.45, 7) is 6.43. The zero-order chi connectivity index (χ0) is 15.4. The first-order valence-corrected chi connectivity index (χ1v) is 7.28. The minimum Gasteiger partial charge on any atom is -0.377 e. The summed E-state index contributed by atoms with van der Waals surface area (Å²) >= 11 is 0. The zero-order valence-electron chi connectivity index (χ0n) is 12.7. The van der Waals surface area contributed by atoms with Gasteiger partial charge in [0.15, 0.2) is 0 Å². The predicted molar refractivity (Wildman–Crippen MR) is 79.6 cm³/mol. The van der Waals surface area contributed by atoms with E-state index in [2.05, 4.69) is 5.32 Å². The zero-order valence-corrected chi connectivity index (χ0v) is 12.7. The van der Waals surface area contributed by atoms with Gasteiger partial charge in [0.2, 0.25) is 11.8 Å². The van der Waals surface area contributed by atoms with Crippen molar-refractivity contribution in [2.45, 2.75) is 39.0 Å². The first-order valence-electron chi connectivity index (χ1n) is 7.28. The first-order chi connectivity index (χ1) is 10.0. The topological polar surface area (TPSA) is 58.6 Å². The van der Waals surface area contributed by atoms with Crippen LogP contribution in [0.4, 0.5) is 0 Å². The smallest absolute Gasteiger partial charge is 0.248 e. The Morgan fingerprint density at radius 1 is 1.24 bits per heavy atom. The average molecular weight is 290 g/mol. The fourth-order valence-electron chi connectivity index (χ4n) is 2.46. The summed E-state index contributed by atoms with van der Waals surface area (Å²) in [4.78, 5) is 26.3. The van der Waals surface area contributed by atoms with Gasteiger partial charge < -0.3 is 15.0 Å². The van der Waals surface area contributed by atoms with E-state index in [-0.39, 0.29) is 17.9 Å². The highest BCUT2D eigenvalue weighted by Crippen LogP contribution is 2.25. The van der Waals surface area contributed by atoms with E-state index >= 15 is 0 Å². The van der Waals surface area contributed by atoms with Gasteiger partial charge in [0.1, 0.15) is 12.1 Å². The van der Waals surface area contributed by atoms with Crippen LogP contribution in [0.2, 0.25) is 0 Å². The number of hydrogen-bond donors (Lipinski definition) is 1. The summed E-state index contributed by atoms with van der Waals surface area (Å²) in [7, 11) is 0. The third-order valence-electron chi connectivity index (χ3n) is 3.47. The number of carbonyl (C=O) groups is 2. The summed E-state index contributed by atoms with van der Waals surface area (Å²) in [5.41, 5.74) is 0.819. The highest BCUT2D eigenvalue weighted by molar-refractivity contribution is 5.97. The lowest BCUT2D eigenvalue weighted by molar-refractivity contribution is -0.150. The van der Waals surface area contributed by atoms with Crippen LogP contribution in [-0.2, 0) is 14.3 Å². The second-order valence-electron chi connectivity index (χ2n) is 5.49. The van der Waals surface area contributed by atoms with Crippen LogP contribution in [0, 0.1) is 0 Å². The number of hydrogen-bond acceptors (Lipinski definition) is 3. The van der Waals surface area contributed by atoms with Gasteiger partial charge in [-0.2, -0.15) is 0 Å². The van der Waals surface area contributed by atoms with E-state index in [9.17, 15) is 9.59 Å². The van der Waals surface area contributed by atoms with Gasteiger partial charge in [-0.3, -0.25) is 9.59 Å². The summed E-state index contributed by atoms with van der Waals surface area (Å²) < 4.78 is 5.52. The van der Waals surface area contributed by atoms with Crippen molar-refractivity contribution in [2.75, 3.05) is 13.2 Å². The molecule has 2 rings (SSSR count). The number of nitrogens with one attached hydrogen (secondary N) is 1. The van der Waals surface area contributed by atoms with Gasteiger partial charge in [-0.05, 0) is 26.3 Å². The molecule has 1 aromatic rings. The molecule has 1 heterocycles. The lowest BCUT2D eigenvalue weighted by atomic mass is 10.00. The summed E-state index contributed by atoms with van der Waals surface area (Å²) in [6.07, 6.45) is 0.103. The van der Waals surface area contributed by atoms with E-state index in [1.54, 1.807) is 11.8 Å². The third-order valence-corrected chi connectivity index (χ3v) is 3.47. The lowest BCUT2D eigenvalue weighted by Gasteiger charge is -2.38. The standard InChI is InChI=1S/C16H22N2O3/c1-11(2)21-10-9-18-14(13-7-5-4-6-8-13)15(19)17-12(3)16(18)20/h4-8,11-12,14H,9-10H2,1-3H3,(H,17,19). The molecule has 0 aromatic heterocycles. The monoisotopic (exact) mass is 290 g/mol. The van der Waals surface area contributed by atoms with Gasteiger partial charge in [0, 0.05) is 6.54 Å². The fourth-order valence-corrected chi connectivity index (χ4v) is 2.46. The molecule has 2 amide bonds. The van der Waals surface area contributed by atoms with Gasteiger partial charge in [-0.15, -0.1) is 0 Å². The number of rotatable bonds is 5. The van der Waals surface area contributed by atoms with Crippen LogP contribution < -0.4 is 5.32 Å². The molecule has 1 saturated heterocycles. The van der Waals surface area contributed by atoms with Gasteiger partial charge in [-0.1, -0.05) is 30.3 Å². The van der Waals surface area contributed by atoms with Crippen LogP contribution in [-0.4, -0.2) is 42.0 Å². The molecule has 1 N–H and O–H groups in total. The van der Waals surface area contributed by atoms with Crippen LogP contribution in [0.1, 0.15) is 32.4 Å². The molecule has 2 unspecified atom stereocenters. The molecule has 1 fully saturated rings. The van der Waals surface area contributed by atoms with Crippen LogP contribution in [0.15, 0.2) is 30.3 Å². The van der Waals surface area contributed by atoms with Crippen LogP contribution in [0.25, 0.3) is 0 Å². The Morgan fingerprint density at radius 2 is 1.90 bits per heavy atom. The fraction of sp³-hybridized carbons (Fsp3) is 0.500. The molecule has 2 atom stereocenters. The molecule has 0 spiro atoms. The Balaban J connectivity index is 2.20. The summed E-state index contributed by atoms with van der Waals surface area (Å²) in [6, 6.07) is 8.29. The molecular weight excluding hydrogens is 268 g/mol. The van der Waals surface area contributed by atoms with Crippen molar-refractivity contribution in [2.24, 2.45) is 0 Å². The molecule has 21 heavy (non-hydrogen) atoms. The van der Waals surface area contributed by atoms with Crippen LogP contribution in [0.3, 0.4) is 0 Å². The number of piperazine rings is 1. The molecule has 0 radical (unpaired) electrons.